The molecule has 3 heterocycles. The highest BCUT2D eigenvalue weighted by atomic mass is 16.7. The van der Waals surface area contributed by atoms with Gasteiger partial charge in [0.15, 0.2) is 22.7 Å². The Bertz CT molecular complexity index is 1210. The van der Waals surface area contributed by atoms with Crippen molar-refractivity contribution in [3.05, 3.63) is 45.4 Å². The van der Waals surface area contributed by atoms with E-state index < -0.39 is 11.2 Å². The minimum atomic E-state index is -0.491. The number of hydrogen-bond donors (Lipinski definition) is 0. The molecular formula is C18H19N5O5. The molecule has 10 nitrogen and oxygen atoms in total. The maximum absolute atomic E-state index is 13.0. The van der Waals surface area contributed by atoms with Gasteiger partial charge in [0.05, 0.1) is 6.33 Å². The van der Waals surface area contributed by atoms with Crippen molar-refractivity contribution < 1.29 is 14.3 Å². The van der Waals surface area contributed by atoms with E-state index in [1.165, 1.54) is 29.6 Å². The van der Waals surface area contributed by atoms with Crippen LogP contribution >= 0.6 is 0 Å². The van der Waals surface area contributed by atoms with Crippen LogP contribution < -0.4 is 25.6 Å². The lowest BCUT2D eigenvalue weighted by Crippen LogP contribution is -2.38. The number of carbonyl (C=O) groups excluding carboxylic acids is 1. The van der Waals surface area contributed by atoms with Gasteiger partial charge < -0.3 is 18.9 Å². The first-order valence-electron chi connectivity index (χ1n) is 8.73. The molecule has 0 unspecified atom stereocenters. The van der Waals surface area contributed by atoms with E-state index in [2.05, 4.69) is 4.98 Å². The normalized spacial score (nSPS) is 12.5. The van der Waals surface area contributed by atoms with Crippen molar-refractivity contribution in [2.75, 3.05) is 18.2 Å². The summed E-state index contributed by atoms with van der Waals surface area (Å²) in [4.78, 5) is 43.3. The molecule has 146 valence electrons. The summed E-state index contributed by atoms with van der Waals surface area (Å²) in [6.07, 6.45) is 1.40. The summed E-state index contributed by atoms with van der Waals surface area (Å²) < 4.78 is 14.4. The predicted molar refractivity (Wildman–Crippen MR) is 101 cm³/mol. The van der Waals surface area contributed by atoms with E-state index in [-0.39, 0.29) is 30.4 Å². The molecule has 1 aromatic carbocycles. The van der Waals surface area contributed by atoms with E-state index in [1.807, 2.05) is 6.92 Å². The highest BCUT2D eigenvalue weighted by Crippen LogP contribution is 2.35. The maximum atomic E-state index is 13.0. The van der Waals surface area contributed by atoms with E-state index in [0.717, 1.165) is 4.57 Å². The van der Waals surface area contributed by atoms with Crippen LogP contribution in [0.1, 0.15) is 6.92 Å². The van der Waals surface area contributed by atoms with Crippen LogP contribution in [-0.4, -0.2) is 37.9 Å². The lowest BCUT2D eigenvalue weighted by atomic mass is 10.2. The molecule has 0 fully saturated rings. The SMILES string of the molecule is CCN(C(=O)Cn1cnc2c1c(=O)n(C)c(=O)n2C)c1ccc2c(c1)OCO2. The lowest BCUT2D eigenvalue weighted by molar-refractivity contribution is -0.119. The second kappa shape index (κ2) is 6.55. The molecular weight excluding hydrogens is 366 g/mol. The number of aryl methyl sites for hydroxylation is 1. The third kappa shape index (κ3) is 2.65. The van der Waals surface area contributed by atoms with Crippen molar-refractivity contribution in [1.82, 2.24) is 18.7 Å². The zero-order valence-corrected chi connectivity index (χ0v) is 15.7. The zero-order chi connectivity index (χ0) is 20.0. The number of benzene rings is 1. The summed E-state index contributed by atoms with van der Waals surface area (Å²) in [6.45, 7) is 2.35. The van der Waals surface area contributed by atoms with Crippen molar-refractivity contribution in [3.63, 3.8) is 0 Å². The molecule has 0 spiro atoms. The fourth-order valence-corrected chi connectivity index (χ4v) is 3.30. The fraction of sp³-hybridized carbons (Fsp3) is 0.333. The average molecular weight is 385 g/mol. The number of amides is 1. The van der Waals surface area contributed by atoms with Crippen LogP contribution in [0, 0.1) is 0 Å². The van der Waals surface area contributed by atoms with E-state index in [1.54, 1.807) is 23.1 Å². The Kier molecular flexibility index (Phi) is 4.17. The average Bonchev–Trinajstić information content (AvgIpc) is 3.32. The lowest BCUT2D eigenvalue weighted by Gasteiger charge is -2.21. The van der Waals surface area contributed by atoms with Crippen LogP contribution in [0.15, 0.2) is 34.1 Å². The van der Waals surface area contributed by atoms with Crippen LogP contribution in [0.4, 0.5) is 5.69 Å². The first kappa shape index (κ1) is 17.8. The molecule has 0 saturated carbocycles. The van der Waals surface area contributed by atoms with Crippen LogP contribution in [0.25, 0.3) is 11.2 Å². The molecule has 2 aromatic heterocycles. The Balaban J connectivity index is 1.70. The minimum Gasteiger partial charge on any atom is -0.454 e. The third-order valence-electron chi connectivity index (χ3n) is 4.81. The van der Waals surface area contributed by atoms with Gasteiger partial charge in [0.25, 0.3) is 5.56 Å². The summed E-state index contributed by atoms with van der Waals surface area (Å²) in [7, 11) is 2.93. The molecule has 0 bridgehead atoms. The van der Waals surface area contributed by atoms with Gasteiger partial charge in [0.1, 0.15) is 6.54 Å². The molecule has 10 heteroatoms. The molecule has 3 aromatic rings. The summed E-state index contributed by atoms with van der Waals surface area (Å²) in [5.41, 5.74) is 0.160. The van der Waals surface area contributed by atoms with E-state index in [9.17, 15) is 14.4 Å². The number of anilines is 1. The van der Waals surface area contributed by atoms with Crippen LogP contribution in [-0.2, 0) is 25.4 Å². The standard InChI is InChI=1S/C18H19N5O5/c1-4-23(11-5-6-12-13(7-11)28-10-27-12)14(24)8-22-9-19-16-15(22)17(25)21(3)18(26)20(16)2/h5-7,9H,4,8,10H2,1-3H3. The van der Waals surface area contributed by atoms with Gasteiger partial charge in [-0.15, -0.1) is 0 Å². The maximum Gasteiger partial charge on any atom is 0.332 e. The first-order chi connectivity index (χ1) is 13.4. The van der Waals surface area contributed by atoms with Gasteiger partial charge in [0.2, 0.25) is 12.7 Å². The quantitative estimate of drug-likeness (QED) is 0.637. The van der Waals surface area contributed by atoms with Crippen molar-refractivity contribution in [1.29, 1.82) is 0 Å². The van der Waals surface area contributed by atoms with Crippen molar-refractivity contribution in [2.24, 2.45) is 14.1 Å². The Morgan fingerprint density at radius 3 is 2.68 bits per heavy atom. The smallest absolute Gasteiger partial charge is 0.332 e. The number of carbonyl (C=O) groups is 1. The molecule has 4 rings (SSSR count). The number of hydrogen-bond acceptors (Lipinski definition) is 6. The van der Waals surface area contributed by atoms with E-state index >= 15 is 0 Å². The van der Waals surface area contributed by atoms with Gasteiger partial charge in [-0.3, -0.25) is 18.7 Å². The topological polar surface area (TPSA) is 101 Å². The Morgan fingerprint density at radius 2 is 1.93 bits per heavy atom. The van der Waals surface area contributed by atoms with E-state index in [4.69, 9.17) is 9.47 Å². The number of nitrogens with zero attached hydrogens (tertiary/aromatic N) is 5. The largest absolute Gasteiger partial charge is 0.454 e. The van der Waals surface area contributed by atoms with Gasteiger partial charge in [-0.25, -0.2) is 9.78 Å². The van der Waals surface area contributed by atoms with Crippen molar-refractivity contribution >= 4 is 22.8 Å². The van der Waals surface area contributed by atoms with Crippen LogP contribution in [0.5, 0.6) is 11.5 Å². The number of ether oxygens (including phenoxy) is 2. The third-order valence-corrected chi connectivity index (χ3v) is 4.81. The summed E-state index contributed by atoms with van der Waals surface area (Å²) in [5.74, 6) is 0.995. The zero-order valence-electron chi connectivity index (χ0n) is 15.7. The monoisotopic (exact) mass is 385 g/mol. The highest BCUT2D eigenvalue weighted by Gasteiger charge is 2.21. The molecule has 0 N–H and O–H groups in total. The van der Waals surface area contributed by atoms with Crippen LogP contribution in [0.2, 0.25) is 0 Å². The Hall–Kier alpha value is -3.56. The van der Waals surface area contributed by atoms with Gasteiger partial charge in [-0.2, -0.15) is 0 Å². The summed E-state index contributed by atoms with van der Waals surface area (Å²) >= 11 is 0. The Labute approximate surface area is 159 Å². The molecule has 0 saturated heterocycles. The molecule has 28 heavy (non-hydrogen) atoms. The molecule has 0 atom stereocenters. The van der Waals surface area contributed by atoms with Gasteiger partial charge in [-0.1, -0.05) is 0 Å². The molecule has 1 aliphatic heterocycles. The van der Waals surface area contributed by atoms with Crippen molar-refractivity contribution in [2.45, 2.75) is 13.5 Å². The minimum absolute atomic E-state index is 0.0910. The first-order valence-corrected chi connectivity index (χ1v) is 8.73. The summed E-state index contributed by atoms with van der Waals surface area (Å²) in [5, 5.41) is 0. The van der Waals surface area contributed by atoms with Gasteiger partial charge in [-0.05, 0) is 19.1 Å². The molecule has 1 aliphatic rings. The van der Waals surface area contributed by atoms with E-state index in [0.29, 0.717) is 23.7 Å². The number of imidazole rings is 1. The van der Waals surface area contributed by atoms with Crippen LogP contribution in [0.3, 0.4) is 0 Å². The van der Waals surface area contributed by atoms with Gasteiger partial charge >= 0.3 is 5.69 Å². The summed E-state index contributed by atoms with van der Waals surface area (Å²) in [6, 6.07) is 5.29. The fourth-order valence-electron chi connectivity index (χ4n) is 3.30. The van der Waals surface area contributed by atoms with Gasteiger partial charge in [0, 0.05) is 32.4 Å². The predicted octanol–water partition coefficient (Wildman–Crippen LogP) is 0.215. The number of fused-ring (bicyclic) bond motifs is 2. The number of aromatic nitrogens is 4. The van der Waals surface area contributed by atoms with Crippen molar-refractivity contribution in [3.8, 4) is 11.5 Å². The highest BCUT2D eigenvalue weighted by molar-refractivity contribution is 5.94. The second-order valence-electron chi connectivity index (χ2n) is 6.43. The molecule has 1 amide bonds. The number of likely N-dealkylation sites (N-methyl/N-ethyl adjacent to an activating group) is 1. The molecule has 0 aliphatic carbocycles. The number of rotatable bonds is 4. The second-order valence-corrected chi connectivity index (χ2v) is 6.43. The molecule has 0 radical (unpaired) electrons. The Morgan fingerprint density at radius 1 is 1.18 bits per heavy atom.